The van der Waals surface area contributed by atoms with Gasteiger partial charge in [-0.05, 0) is 73.1 Å². The third kappa shape index (κ3) is 5.57. The molecular formula is C30H30N4O3. The monoisotopic (exact) mass is 494 g/mol. The van der Waals surface area contributed by atoms with E-state index < -0.39 is 0 Å². The molecule has 2 heterocycles. The Balaban J connectivity index is 1.30. The smallest absolute Gasteiger partial charge is 0.258 e. The van der Waals surface area contributed by atoms with Crippen molar-refractivity contribution in [2.45, 2.75) is 6.92 Å². The van der Waals surface area contributed by atoms with Crippen molar-refractivity contribution in [1.29, 1.82) is 0 Å². The number of carbonyl (C=O) groups excluding carboxylic acids is 2. The van der Waals surface area contributed by atoms with E-state index in [9.17, 15) is 9.59 Å². The van der Waals surface area contributed by atoms with Gasteiger partial charge in [-0.15, -0.1) is 0 Å². The van der Waals surface area contributed by atoms with Gasteiger partial charge in [0.05, 0.1) is 23.2 Å². The lowest BCUT2D eigenvalue weighted by Crippen LogP contribution is -2.44. The Morgan fingerprint density at radius 3 is 2.27 bits per heavy atom. The van der Waals surface area contributed by atoms with Crippen molar-refractivity contribution in [3.63, 3.8) is 0 Å². The van der Waals surface area contributed by atoms with Gasteiger partial charge in [0.1, 0.15) is 6.26 Å². The maximum absolute atomic E-state index is 13.1. The molecule has 0 radical (unpaired) electrons. The zero-order chi connectivity index (χ0) is 25.8. The molecule has 5 rings (SSSR count). The van der Waals surface area contributed by atoms with Gasteiger partial charge in [-0.1, -0.05) is 30.3 Å². The standard InChI is InChI=1S/C30H30N4O3/c1-21-7-12-25(31-30(36)24-13-18-37-20-24)19-26(21)22-8-10-23(11-9-22)29(35)32-27-5-3-4-6-28(27)34-16-14-33(2)15-17-34/h3-13,18-20H,14-17H2,1-2H3,(H,31,36)(H,32,35). The zero-order valence-electron chi connectivity index (χ0n) is 21.0. The maximum Gasteiger partial charge on any atom is 0.258 e. The Labute approximate surface area is 216 Å². The summed E-state index contributed by atoms with van der Waals surface area (Å²) >= 11 is 0. The molecule has 0 spiro atoms. The number of para-hydroxylation sites is 2. The van der Waals surface area contributed by atoms with Crippen LogP contribution in [0, 0.1) is 6.92 Å². The lowest BCUT2D eigenvalue weighted by molar-refractivity contribution is 0.101. The SMILES string of the molecule is Cc1ccc(NC(=O)c2ccoc2)cc1-c1ccc(C(=O)Nc2ccccc2N2CCN(C)CC2)cc1. The number of likely N-dealkylation sites (N-methyl/N-ethyl adjacent to an activating group) is 1. The van der Waals surface area contributed by atoms with Crippen molar-refractivity contribution in [3.8, 4) is 11.1 Å². The van der Waals surface area contributed by atoms with E-state index in [4.69, 9.17) is 4.42 Å². The predicted octanol–water partition coefficient (Wildman–Crippen LogP) is 5.51. The molecule has 0 unspecified atom stereocenters. The number of rotatable bonds is 6. The van der Waals surface area contributed by atoms with E-state index in [0.29, 0.717) is 16.8 Å². The van der Waals surface area contributed by atoms with E-state index in [1.54, 1.807) is 6.07 Å². The van der Waals surface area contributed by atoms with Gasteiger partial charge >= 0.3 is 0 Å². The largest absolute Gasteiger partial charge is 0.472 e. The molecule has 0 saturated carbocycles. The summed E-state index contributed by atoms with van der Waals surface area (Å²) in [5.74, 6) is -0.376. The maximum atomic E-state index is 13.1. The second kappa shape index (κ2) is 10.7. The van der Waals surface area contributed by atoms with Crippen LogP contribution in [0.15, 0.2) is 89.7 Å². The molecule has 7 nitrogen and oxygen atoms in total. The molecule has 0 aliphatic carbocycles. The van der Waals surface area contributed by atoms with Crippen molar-refractivity contribution in [3.05, 3.63) is 102 Å². The molecule has 0 bridgehead atoms. The summed E-state index contributed by atoms with van der Waals surface area (Å²) in [4.78, 5) is 30.1. The van der Waals surface area contributed by atoms with E-state index in [2.05, 4.69) is 33.5 Å². The van der Waals surface area contributed by atoms with Gasteiger partial charge in [0.25, 0.3) is 11.8 Å². The normalized spacial score (nSPS) is 13.8. The van der Waals surface area contributed by atoms with Gasteiger partial charge in [0.15, 0.2) is 0 Å². The summed E-state index contributed by atoms with van der Waals surface area (Å²) in [7, 11) is 2.13. The molecule has 37 heavy (non-hydrogen) atoms. The highest BCUT2D eigenvalue weighted by atomic mass is 16.3. The first-order valence-corrected chi connectivity index (χ1v) is 12.4. The van der Waals surface area contributed by atoms with Crippen LogP contribution in [0.1, 0.15) is 26.3 Å². The Morgan fingerprint density at radius 2 is 1.54 bits per heavy atom. The molecule has 3 aromatic carbocycles. The highest BCUT2D eigenvalue weighted by Crippen LogP contribution is 2.29. The van der Waals surface area contributed by atoms with Crippen LogP contribution in [-0.2, 0) is 0 Å². The number of amides is 2. The number of aryl methyl sites for hydroxylation is 1. The summed E-state index contributed by atoms with van der Waals surface area (Å²) in [6.07, 6.45) is 2.88. The molecule has 1 aromatic heterocycles. The van der Waals surface area contributed by atoms with Crippen LogP contribution in [-0.4, -0.2) is 49.9 Å². The molecule has 4 aromatic rings. The van der Waals surface area contributed by atoms with Crippen LogP contribution in [0.25, 0.3) is 11.1 Å². The fourth-order valence-electron chi connectivity index (χ4n) is 4.51. The first-order valence-electron chi connectivity index (χ1n) is 12.4. The van der Waals surface area contributed by atoms with Gasteiger partial charge in [0.2, 0.25) is 0 Å². The van der Waals surface area contributed by atoms with Crippen LogP contribution >= 0.6 is 0 Å². The van der Waals surface area contributed by atoms with Crippen LogP contribution in [0.3, 0.4) is 0 Å². The Morgan fingerprint density at radius 1 is 0.811 bits per heavy atom. The van der Waals surface area contributed by atoms with E-state index in [1.807, 2.05) is 67.6 Å². The van der Waals surface area contributed by atoms with Crippen molar-refractivity contribution in [2.75, 3.05) is 48.8 Å². The van der Waals surface area contributed by atoms with Gasteiger partial charge in [0, 0.05) is 37.4 Å². The minimum Gasteiger partial charge on any atom is -0.472 e. The predicted molar refractivity (Wildman–Crippen MR) is 147 cm³/mol. The fraction of sp³-hybridized carbons (Fsp3) is 0.200. The number of anilines is 3. The zero-order valence-corrected chi connectivity index (χ0v) is 21.0. The summed E-state index contributed by atoms with van der Waals surface area (Å²) in [6, 6.07) is 22.9. The highest BCUT2D eigenvalue weighted by Gasteiger charge is 2.18. The molecule has 0 atom stereocenters. The first kappa shape index (κ1) is 24.3. The molecule has 7 heteroatoms. The summed E-state index contributed by atoms with van der Waals surface area (Å²) in [6.45, 7) is 5.87. The number of carbonyl (C=O) groups is 2. The number of furan rings is 1. The molecule has 188 valence electrons. The highest BCUT2D eigenvalue weighted by molar-refractivity contribution is 6.06. The topological polar surface area (TPSA) is 77.8 Å². The van der Waals surface area contributed by atoms with Gasteiger partial charge in [-0.3, -0.25) is 9.59 Å². The van der Waals surface area contributed by atoms with Gasteiger partial charge in [-0.25, -0.2) is 0 Å². The quantitative estimate of drug-likeness (QED) is 0.370. The van der Waals surface area contributed by atoms with Crippen LogP contribution < -0.4 is 15.5 Å². The lowest BCUT2D eigenvalue weighted by atomic mass is 9.98. The van der Waals surface area contributed by atoms with E-state index in [1.165, 1.54) is 12.5 Å². The van der Waals surface area contributed by atoms with Crippen LogP contribution in [0.2, 0.25) is 0 Å². The second-order valence-corrected chi connectivity index (χ2v) is 9.33. The lowest BCUT2D eigenvalue weighted by Gasteiger charge is -2.35. The Hall–Kier alpha value is -4.36. The number of nitrogens with zero attached hydrogens (tertiary/aromatic N) is 2. The fourth-order valence-corrected chi connectivity index (χ4v) is 4.51. The average Bonchev–Trinajstić information content (AvgIpc) is 3.46. The minimum atomic E-state index is -0.229. The molecular weight excluding hydrogens is 464 g/mol. The molecule has 1 aliphatic heterocycles. The van der Waals surface area contributed by atoms with E-state index in [-0.39, 0.29) is 11.8 Å². The number of hydrogen-bond donors (Lipinski definition) is 2. The van der Waals surface area contributed by atoms with Crippen LogP contribution in [0.4, 0.5) is 17.1 Å². The first-order chi connectivity index (χ1) is 18.0. The molecule has 1 aliphatic rings. The summed E-state index contributed by atoms with van der Waals surface area (Å²) in [5, 5.41) is 6.00. The van der Waals surface area contributed by atoms with E-state index in [0.717, 1.165) is 54.2 Å². The van der Waals surface area contributed by atoms with Gasteiger partial charge in [-0.2, -0.15) is 0 Å². The number of benzene rings is 3. The third-order valence-electron chi connectivity index (χ3n) is 6.73. The van der Waals surface area contributed by atoms with Crippen molar-refractivity contribution < 1.29 is 14.0 Å². The van der Waals surface area contributed by atoms with Crippen molar-refractivity contribution >= 4 is 28.9 Å². The molecule has 1 fully saturated rings. The average molecular weight is 495 g/mol. The number of nitrogens with one attached hydrogen (secondary N) is 2. The second-order valence-electron chi connectivity index (χ2n) is 9.33. The Kier molecular flexibility index (Phi) is 7.05. The third-order valence-corrected chi connectivity index (χ3v) is 6.73. The van der Waals surface area contributed by atoms with Crippen molar-refractivity contribution in [1.82, 2.24) is 4.90 Å². The molecule has 2 amide bonds. The Bertz CT molecular complexity index is 1390. The minimum absolute atomic E-state index is 0.147. The number of hydrogen-bond acceptors (Lipinski definition) is 5. The van der Waals surface area contributed by atoms with Crippen molar-refractivity contribution in [2.24, 2.45) is 0 Å². The summed E-state index contributed by atoms with van der Waals surface area (Å²) < 4.78 is 5.00. The van der Waals surface area contributed by atoms with Gasteiger partial charge < -0.3 is 24.9 Å². The molecule has 2 N–H and O–H groups in total. The molecule has 1 saturated heterocycles. The summed E-state index contributed by atoms with van der Waals surface area (Å²) in [5.41, 5.74) is 6.62. The van der Waals surface area contributed by atoms with Crippen LogP contribution in [0.5, 0.6) is 0 Å². The number of piperazine rings is 1. The van der Waals surface area contributed by atoms with E-state index >= 15 is 0 Å².